The molecule has 0 rings (SSSR count). The number of carboxylic acid groups (broad SMARTS) is 1. The van der Waals surface area contributed by atoms with Gasteiger partial charge in [0.05, 0.1) is 6.04 Å². The summed E-state index contributed by atoms with van der Waals surface area (Å²) in [7, 11) is 0. The average Bonchev–Trinajstić information content (AvgIpc) is 2.50. The first kappa shape index (κ1) is 21.7. The number of carbonyl (C=O) groups is 3. The van der Waals surface area contributed by atoms with E-state index in [4.69, 9.17) is 16.6 Å². The Balaban J connectivity index is 4.67. The number of nitrogens with one attached hydrogen (secondary N) is 2. The molecule has 0 radical (unpaired) electrons. The first-order valence-corrected chi connectivity index (χ1v) is 8.27. The Morgan fingerprint density at radius 3 is 2.09 bits per heavy atom. The molecule has 0 spiro atoms. The van der Waals surface area contributed by atoms with Crippen LogP contribution in [0.25, 0.3) is 0 Å². The number of carbonyl (C=O) groups excluding carboxylic acids is 2. The second kappa shape index (κ2) is 11.3. The predicted molar refractivity (Wildman–Crippen MR) is 91.1 cm³/mol. The van der Waals surface area contributed by atoms with Gasteiger partial charge in [-0.2, -0.15) is 12.6 Å². The molecule has 0 saturated heterocycles. The van der Waals surface area contributed by atoms with E-state index >= 15 is 0 Å². The van der Waals surface area contributed by atoms with Crippen LogP contribution < -0.4 is 22.1 Å². The quantitative estimate of drug-likeness (QED) is 0.210. The number of hydrogen-bond donors (Lipinski definition) is 6. The van der Waals surface area contributed by atoms with Crippen molar-refractivity contribution in [2.75, 3.05) is 12.3 Å². The van der Waals surface area contributed by atoms with Crippen molar-refractivity contribution >= 4 is 30.4 Å². The summed E-state index contributed by atoms with van der Waals surface area (Å²) < 4.78 is 0. The smallest absolute Gasteiger partial charge is 0.326 e. The third kappa shape index (κ3) is 8.19. The van der Waals surface area contributed by atoms with Gasteiger partial charge in [-0.05, 0) is 31.7 Å². The molecular weight excluding hydrogens is 320 g/mol. The number of thiol groups is 1. The van der Waals surface area contributed by atoms with E-state index in [0.29, 0.717) is 19.4 Å². The van der Waals surface area contributed by atoms with Gasteiger partial charge in [0.15, 0.2) is 0 Å². The van der Waals surface area contributed by atoms with E-state index in [1.807, 2.05) is 0 Å². The van der Waals surface area contributed by atoms with Crippen LogP contribution in [0.2, 0.25) is 0 Å². The molecule has 0 aromatic heterocycles. The van der Waals surface area contributed by atoms with Gasteiger partial charge in [0.1, 0.15) is 12.1 Å². The largest absolute Gasteiger partial charge is 0.480 e. The van der Waals surface area contributed by atoms with Crippen LogP contribution in [0.1, 0.15) is 33.1 Å². The zero-order valence-electron chi connectivity index (χ0n) is 13.6. The van der Waals surface area contributed by atoms with Crippen molar-refractivity contribution in [1.29, 1.82) is 0 Å². The van der Waals surface area contributed by atoms with Crippen LogP contribution in [0.15, 0.2) is 0 Å². The SMILES string of the molecule is CC(C)[C@H](N)C(=O)N[C@@H](CS)C(=O)N[C@@H](CCCCN)C(=O)O. The standard InChI is InChI=1S/C14H28N4O4S/c1-8(2)11(16)13(20)18-10(7-23)12(19)17-9(14(21)22)5-3-4-6-15/h8-11,23H,3-7,15-16H2,1-2H3,(H,17,19)(H,18,20)(H,21,22)/t9-,10-,11-/m0/s1. The Morgan fingerprint density at radius 1 is 1.09 bits per heavy atom. The molecule has 0 heterocycles. The van der Waals surface area contributed by atoms with Gasteiger partial charge in [0.25, 0.3) is 0 Å². The summed E-state index contributed by atoms with van der Waals surface area (Å²) in [6.45, 7) is 4.04. The average molecular weight is 348 g/mol. The van der Waals surface area contributed by atoms with Crippen molar-refractivity contribution in [3.05, 3.63) is 0 Å². The Hall–Kier alpha value is -1.32. The van der Waals surface area contributed by atoms with Crippen molar-refractivity contribution in [1.82, 2.24) is 10.6 Å². The van der Waals surface area contributed by atoms with Gasteiger partial charge in [-0.3, -0.25) is 9.59 Å². The number of aliphatic carboxylic acids is 1. The van der Waals surface area contributed by atoms with Crippen LogP contribution in [-0.4, -0.2) is 53.3 Å². The summed E-state index contributed by atoms with van der Waals surface area (Å²) in [5, 5.41) is 14.1. The minimum atomic E-state index is -1.13. The van der Waals surface area contributed by atoms with Crippen LogP contribution in [0.5, 0.6) is 0 Å². The lowest BCUT2D eigenvalue weighted by molar-refractivity contribution is -0.142. The first-order chi connectivity index (χ1) is 10.7. The Labute approximate surface area is 142 Å². The summed E-state index contributed by atoms with van der Waals surface area (Å²) in [6.07, 6.45) is 1.54. The monoisotopic (exact) mass is 348 g/mol. The van der Waals surface area contributed by atoms with Gasteiger partial charge in [0.2, 0.25) is 11.8 Å². The van der Waals surface area contributed by atoms with Gasteiger partial charge in [-0.25, -0.2) is 4.79 Å². The van der Waals surface area contributed by atoms with E-state index in [9.17, 15) is 14.4 Å². The van der Waals surface area contributed by atoms with E-state index in [1.165, 1.54) is 0 Å². The van der Waals surface area contributed by atoms with Gasteiger partial charge in [-0.15, -0.1) is 0 Å². The van der Waals surface area contributed by atoms with Crippen LogP contribution >= 0.6 is 12.6 Å². The fourth-order valence-electron chi connectivity index (χ4n) is 1.79. The second-order valence-corrected chi connectivity index (χ2v) is 6.06. The molecule has 0 aliphatic carbocycles. The molecule has 0 fully saturated rings. The second-order valence-electron chi connectivity index (χ2n) is 5.70. The molecule has 0 unspecified atom stereocenters. The minimum Gasteiger partial charge on any atom is -0.480 e. The molecule has 0 saturated carbocycles. The fourth-order valence-corrected chi connectivity index (χ4v) is 2.04. The minimum absolute atomic E-state index is 0.0392. The topological polar surface area (TPSA) is 148 Å². The molecule has 0 bridgehead atoms. The molecule has 134 valence electrons. The Bertz CT molecular complexity index is 406. The summed E-state index contributed by atoms with van der Waals surface area (Å²) in [4.78, 5) is 35.2. The van der Waals surface area contributed by atoms with Crippen molar-refractivity contribution in [2.45, 2.75) is 51.2 Å². The highest BCUT2D eigenvalue weighted by Gasteiger charge is 2.27. The van der Waals surface area contributed by atoms with Crippen LogP contribution in [-0.2, 0) is 14.4 Å². The van der Waals surface area contributed by atoms with E-state index in [1.54, 1.807) is 13.8 Å². The van der Waals surface area contributed by atoms with Crippen LogP contribution in [0, 0.1) is 5.92 Å². The summed E-state index contributed by atoms with van der Waals surface area (Å²) >= 11 is 4.03. The highest BCUT2D eigenvalue weighted by atomic mass is 32.1. The Morgan fingerprint density at radius 2 is 1.65 bits per heavy atom. The van der Waals surface area contributed by atoms with Crippen molar-refractivity contribution in [3.63, 3.8) is 0 Å². The number of amides is 2. The zero-order valence-corrected chi connectivity index (χ0v) is 14.5. The third-order valence-electron chi connectivity index (χ3n) is 3.40. The highest BCUT2D eigenvalue weighted by Crippen LogP contribution is 2.03. The third-order valence-corrected chi connectivity index (χ3v) is 3.76. The van der Waals surface area contributed by atoms with Gasteiger partial charge in [-0.1, -0.05) is 13.8 Å². The molecule has 23 heavy (non-hydrogen) atoms. The molecule has 2 amide bonds. The van der Waals surface area contributed by atoms with E-state index in [-0.39, 0.29) is 18.1 Å². The van der Waals surface area contributed by atoms with Crippen molar-refractivity contribution in [2.24, 2.45) is 17.4 Å². The number of hydrogen-bond acceptors (Lipinski definition) is 6. The van der Waals surface area contributed by atoms with Gasteiger partial charge < -0.3 is 27.2 Å². The number of rotatable bonds is 11. The number of nitrogens with two attached hydrogens (primary N) is 2. The summed E-state index contributed by atoms with van der Waals surface area (Å²) in [5.74, 6) is -2.23. The van der Waals surface area contributed by atoms with Gasteiger partial charge in [0, 0.05) is 5.75 Å². The first-order valence-electron chi connectivity index (χ1n) is 7.64. The predicted octanol–water partition coefficient (Wildman–Crippen LogP) is -0.917. The number of carboxylic acids is 1. The van der Waals surface area contributed by atoms with Gasteiger partial charge >= 0.3 is 5.97 Å². The van der Waals surface area contributed by atoms with Crippen LogP contribution in [0.3, 0.4) is 0 Å². The zero-order chi connectivity index (χ0) is 18.0. The van der Waals surface area contributed by atoms with Crippen LogP contribution in [0.4, 0.5) is 0 Å². The van der Waals surface area contributed by atoms with Crippen molar-refractivity contribution in [3.8, 4) is 0 Å². The number of unbranched alkanes of at least 4 members (excludes halogenated alkanes) is 1. The molecular formula is C14H28N4O4S. The lowest BCUT2D eigenvalue weighted by atomic mass is 10.0. The van der Waals surface area contributed by atoms with E-state index < -0.39 is 35.9 Å². The van der Waals surface area contributed by atoms with Crippen molar-refractivity contribution < 1.29 is 19.5 Å². The molecule has 3 atom stereocenters. The molecule has 0 aliphatic heterocycles. The normalized spacial score (nSPS) is 14.9. The van der Waals surface area contributed by atoms with E-state index in [0.717, 1.165) is 0 Å². The highest BCUT2D eigenvalue weighted by molar-refractivity contribution is 7.80. The molecule has 0 aliphatic rings. The molecule has 0 aromatic rings. The Kier molecular flexibility index (Phi) is 10.6. The molecule has 8 nitrogen and oxygen atoms in total. The van der Waals surface area contributed by atoms with E-state index in [2.05, 4.69) is 23.3 Å². The summed E-state index contributed by atoms with van der Waals surface area (Å²) in [6, 6.07) is -2.70. The molecule has 9 heteroatoms. The lowest BCUT2D eigenvalue weighted by Crippen LogP contribution is -2.56. The summed E-state index contributed by atoms with van der Waals surface area (Å²) in [5.41, 5.74) is 11.1. The maximum absolute atomic E-state index is 12.1. The molecule has 7 N–H and O–H groups in total. The fraction of sp³-hybridized carbons (Fsp3) is 0.786. The maximum atomic E-state index is 12.1. The maximum Gasteiger partial charge on any atom is 0.326 e. The molecule has 0 aromatic carbocycles. The lowest BCUT2D eigenvalue weighted by Gasteiger charge is -2.22.